The van der Waals surface area contributed by atoms with Crippen LogP contribution in [-0.2, 0) is 0 Å². The molecule has 1 aromatic carbocycles. The molecular weight excluding hydrogens is 356 g/mol. The number of piperidine rings is 1. The van der Waals surface area contributed by atoms with Crippen LogP contribution in [0.3, 0.4) is 0 Å². The van der Waals surface area contributed by atoms with Crippen molar-refractivity contribution in [1.29, 1.82) is 0 Å². The number of H-pyrrole nitrogens is 1. The average molecular weight is 376 g/mol. The number of nitrogens with zero attached hydrogens (tertiary/aromatic N) is 7. The molecule has 28 heavy (non-hydrogen) atoms. The number of hydrogen-bond donors (Lipinski definition) is 1. The summed E-state index contributed by atoms with van der Waals surface area (Å²) >= 11 is 0. The molecule has 6 rings (SSSR count). The number of tetrazole rings is 1. The standard InChI is InChI=1S/C19H20N8O/c28-18(16-5-2-1-4-15(16)17-22-24-25-23-17)27-11-13-6-7-14(27)12-26(10-13)19-20-8-3-9-21-19/h1-5,8-9,13-14H,6-7,10-12H2,(H,22,23,24,25)/t13-,14+/m1/s1. The van der Waals surface area contributed by atoms with Crippen LogP contribution in [0, 0.1) is 5.92 Å². The van der Waals surface area contributed by atoms with E-state index in [0.29, 0.717) is 22.9 Å². The molecule has 9 nitrogen and oxygen atoms in total. The zero-order valence-electron chi connectivity index (χ0n) is 15.3. The number of rotatable bonds is 3. The third-order valence-corrected chi connectivity index (χ3v) is 5.55. The molecule has 0 radical (unpaired) electrons. The fourth-order valence-corrected chi connectivity index (χ4v) is 4.24. The minimum atomic E-state index is 0.0194. The number of nitrogens with one attached hydrogen (secondary N) is 1. The van der Waals surface area contributed by atoms with E-state index < -0.39 is 0 Å². The van der Waals surface area contributed by atoms with E-state index in [4.69, 9.17) is 0 Å². The highest BCUT2D eigenvalue weighted by Crippen LogP contribution is 2.32. The third kappa shape index (κ3) is 2.98. The highest BCUT2D eigenvalue weighted by Gasteiger charge is 2.38. The Hall–Kier alpha value is -3.36. The highest BCUT2D eigenvalue weighted by molar-refractivity contribution is 6.00. The lowest BCUT2D eigenvalue weighted by atomic mass is 9.93. The fraction of sp³-hybridized carbons (Fsp3) is 0.368. The molecule has 0 saturated carbocycles. The Bertz CT molecular complexity index is 961. The number of benzene rings is 1. The maximum absolute atomic E-state index is 13.5. The van der Waals surface area contributed by atoms with Crippen molar-refractivity contribution in [3.8, 4) is 11.4 Å². The second kappa shape index (κ2) is 6.99. The van der Waals surface area contributed by atoms with Crippen molar-refractivity contribution in [3.05, 3.63) is 48.3 Å². The Morgan fingerprint density at radius 1 is 1.04 bits per heavy atom. The second-order valence-electron chi connectivity index (χ2n) is 7.29. The molecule has 2 bridgehead atoms. The quantitative estimate of drug-likeness (QED) is 0.737. The van der Waals surface area contributed by atoms with Gasteiger partial charge in [-0.2, -0.15) is 5.21 Å². The van der Waals surface area contributed by atoms with E-state index in [1.54, 1.807) is 12.4 Å². The first-order valence-corrected chi connectivity index (χ1v) is 9.45. The number of anilines is 1. The first-order chi connectivity index (χ1) is 13.8. The molecule has 2 aromatic heterocycles. The molecule has 142 valence electrons. The van der Waals surface area contributed by atoms with E-state index in [2.05, 4.69) is 35.5 Å². The first-order valence-electron chi connectivity index (χ1n) is 9.45. The minimum absolute atomic E-state index is 0.0194. The van der Waals surface area contributed by atoms with Gasteiger partial charge < -0.3 is 9.80 Å². The van der Waals surface area contributed by atoms with Crippen molar-refractivity contribution in [1.82, 2.24) is 35.5 Å². The summed E-state index contributed by atoms with van der Waals surface area (Å²) in [6, 6.07) is 9.40. The van der Waals surface area contributed by atoms with Crippen molar-refractivity contribution in [2.75, 3.05) is 24.5 Å². The molecule has 2 atom stereocenters. The normalized spacial score (nSPS) is 21.6. The molecule has 3 saturated heterocycles. The summed E-state index contributed by atoms with van der Waals surface area (Å²) in [6.45, 7) is 2.36. The molecule has 5 heterocycles. The lowest BCUT2D eigenvalue weighted by Gasteiger charge is -2.36. The number of amides is 1. The topological polar surface area (TPSA) is 104 Å². The highest BCUT2D eigenvalue weighted by atomic mass is 16.2. The molecule has 1 amide bonds. The Kier molecular flexibility index (Phi) is 4.19. The van der Waals surface area contributed by atoms with Crippen molar-refractivity contribution < 1.29 is 4.79 Å². The van der Waals surface area contributed by atoms with E-state index in [9.17, 15) is 4.79 Å². The molecule has 9 heteroatoms. The number of carbonyl (C=O) groups excluding carboxylic acids is 1. The van der Waals surface area contributed by atoms with Crippen LogP contribution in [0.4, 0.5) is 5.95 Å². The van der Waals surface area contributed by atoms with Gasteiger partial charge in [0.15, 0.2) is 0 Å². The van der Waals surface area contributed by atoms with E-state index in [-0.39, 0.29) is 11.9 Å². The maximum atomic E-state index is 13.5. The van der Waals surface area contributed by atoms with Crippen molar-refractivity contribution >= 4 is 11.9 Å². The molecule has 1 N–H and O–H groups in total. The molecule has 3 aliphatic heterocycles. The van der Waals surface area contributed by atoms with Gasteiger partial charge >= 0.3 is 0 Å². The Morgan fingerprint density at radius 2 is 1.89 bits per heavy atom. The van der Waals surface area contributed by atoms with Gasteiger partial charge in [0.1, 0.15) is 0 Å². The zero-order valence-corrected chi connectivity index (χ0v) is 15.3. The Morgan fingerprint density at radius 3 is 2.71 bits per heavy atom. The number of fused-ring (bicyclic) bond motifs is 4. The van der Waals surface area contributed by atoms with Gasteiger partial charge in [0.25, 0.3) is 5.91 Å². The van der Waals surface area contributed by atoms with Crippen molar-refractivity contribution in [2.45, 2.75) is 18.9 Å². The van der Waals surface area contributed by atoms with E-state index in [1.165, 1.54) is 0 Å². The molecule has 0 aliphatic carbocycles. The third-order valence-electron chi connectivity index (χ3n) is 5.55. The fourth-order valence-electron chi connectivity index (χ4n) is 4.24. The van der Waals surface area contributed by atoms with Crippen molar-refractivity contribution in [3.63, 3.8) is 0 Å². The summed E-state index contributed by atoms with van der Waals surface area (Å²) < 4.78 is 0. The van der Waals surface area contributed by atoms with Crippen LogP contribution >= 0.6 is 0 Å². The predicted molar refractivity (Wildman–Crippen MR) is 101 cm³/mol. The average Bonchev–Trinajstić information content (AvgIpc) is 3.13. The van der Waals surface area contributed by atoms with Crippen LogP contribution in [0.2, 0.25) is 0 Å². The molecule has 3 aliphatic rings. The number of aromatic amines is 1. The molecule has 3 aromatic rings. The van der Waals surface area contributed by atoms with Gasteiger partial charge in [0.05, 0.1) is 5.56 Å². The number of aromatic nitrogens is 6. The van der Waals surface area contributed by atoms with Gasteiger partial charge in [-0.3, -0.25) is 4.79 Å². The number of hydrogen-bond acceptors (Lipinski definition) is 7. The van der Waals surface area contributed by atoms with Crippen LogP contribution in [0.5, 0.6) is 0 Å². The minimum Gasteiger partial charge on any atom is -0.338 e. The second-order valence-corrected chi connectivity index (χ2v) is 7.29. The molecule has 0 unspecified atom stereocenters. The summed E-state index contributed by atoms with van der Waals surface area (Å²) in [6.07, 6.45) is 5.63. The summed E-state index contributed by atoms with van der Waals surface area (Å²) in [5.74, 6) is 1.60. The van der Waals surface area contributed by atoms with Gasteiger partial charge in [-0.05, 0) is 36.1 Å². The summed E-state index contributed by atoms with van der Waals surface area (Å²) in [4.78, 5) is 26.5. The Balaban J connectivity index is 1.44. The van der Waals surface area contributed by atoms with Crippen LogP contribution < -0.4 is 4.90 Å². The predicted octanol–water partition coefficient (Wildman–Crippen LogP) is 1.40. The summed E-state index contributed by atoms with van der Waals surface area (Å²) in [7, 11) is 0. The van der Waals surface area contributed by atoms with Gasteiger partial charge in [-0.15, -0.1) is 10.2 Å². The molecular formula is C19H20N8O. The first kappa shape index (κ1) is 16.8. The molecule has 3 fully saturated rings. The van der Waals surface area contributed by atoms with Crippen LogP contribution in [0.25, 0.3) is 11.4 Å². The van der Waals surface area contributed by atoms with E-state index in [1.807, 2.05) is 35.2 Å². The molecule has 0 spiro atoms. The van der Waals surface area contributed by atoms with E-state index in [0.717, 1.165) is 38.4 Å². The van der Waals surface area contributed by atoms with E-state index >= 15 is 0 Å². The van der Waals surface area contributed by atoms with Gasteiger partial charge in [0, 0.05) is 43.6 Å². The zero-order chi connectivity index (χ0) is 18.9. The van der Waals surface area contributed by atoms with Gasteiger partial charge in [-0.1, -0.05) is 18.2 Å². The van der Waals surface area contributed by atoms with Crippen LogP contribution in [0.1, 0.15) is 23.2 Å². The van der Waals surface area contributed by atoms with Gasteiger partial charge in [0.2, 0.25) is 11.8 Å². The Labute approximate surface area is 161 Å². The lowest BCUT2D eigenvalue weighted by molar-refractivity contribution is 0.0593. The lowest BCUT2D eigenvalue weighted by Crippen LogP contribution is -2.47. The smallest absolute Gasteiger partial charge is 0.254 e. The van der Waals surface area contributed by atoms with Gasteiger partial charge in [-0.25, -0.2) is 9.97 Å². The largest absolute Gasteiger partial charge is 0.338 e. The van der Waals surface area contributed by atoms with Crippen molar-refractivity contribution in [2.24, 2.45) is 5.92 Å². The SMILES string of the molecule is O=C(c1ccccc1-c1nn[nH]n1)N1C[C@@H]2CC[C@H]1CN(c1ncccn1)C2. The maximum Gasteiger partial charge on any atom is 0.254 e. The van der Waals surface area contributed by atoms with Crippen LogP contribution in [0.15, 0.2) is 42.7 Å². The number of carbonyl (C=O) groups is 1. The van der Waals surface area contributed by atoms with Crippen LogP contribution in [-0.4, -0.2) is 67.1 Å². The summed E-state index contributed by atoms with van der Waals surface area (Å²) in [5, 5.41) is 14.2. The monoisotopic (exact) mass is 376 g/mol. The summed E-state index contributed by atoms with van der Waals surface area (Å²) in [5.41, 5.74) is 1.31.